The van der Waals surface area contributed by atoms with Crippen LogP contribution >= 0.6 is 0 Å². The molecule has 0 aliphatic carbocycles. The van der Waals surface area contributed by atoms with Crippen molar-refractivity contribution in [2.45, 2.75) is 13.3 Å². The van der Waals surface area contributed by atoms with E-state index in [1.165, 1.54) is 0 Å². The zero-order chi connectivity index (χ0) is 13.2. The first-order valence-corrected chi connectivity index (χ1v) is 6.39. The first-order chi connectivity index (χ1) is 9.25. The predicted molar refractivity (Wildman–Crippen MR) is 77.5 cm³/mol. The Morgan fingerprint density at radius 1 is 1.05 bits per heavy atom. The number of hydrogen-bond acceptors (Lipinski definition) is 1. The maximum Gasteiger partial charge on any atom is 0.169 e. The molecule has 2 nitrogen and oxygen atoms in total. The molecule has 0 unspecified atom stereocenters. The molecule has 0 spiro atoms. The lowest BCUT2D eigenvalue weighted by atomic mass is 9.99. The minimum absolute atomic E-state index is 0.159. The number of aromatic nitrogens is 1. The Kier molecular flexibility index (Phi) is 2.92. The molecule has 2 heteroatoms. The smallest absolute Gasteiger partial charge is 0.169 e. The first-order valence-electron chi connectivity index (χ1n) is 6.39. The molecule has 0 bridgehead atoms. The summed E-state index contributed by atoms with van der Waals surface area (Å²) < 4.78 is 0. The predicted octanol–water partition coefficient (Wildman–Crippen LogP) is 3.90. The van der Waals surface area contributed by atoms with Crippen molar-refractivity contribution in [3.63, 3.8) is 0 Å². The van der Waals surface area contributed by atoms with Crippen molar-refractivity contribution >= 4 is 16.7 Å². The van der Waals surface area contributed by atoms with E-state index in [4.69, 9.17) is 0 Å². The van der Waals surface area contributed by atoms with Crippen LogP contribution in [0.1, 0.15) is 21.5 Å². The summed E-state index contributed by atoms with van der Waals surface area (Å²) in [6.45, 7) is 2.04. The van der Waals surface area contributed by atoms with E-state index in [0.29, 0.717) is 6.42 Å². The number of ketones is 1. The van der Waals surface area contributed by atoms with E-state index in [9.17, 15) is 4.79 Å². The van der Waals surface area contributed by atoms with E-state index in [2.05, 4.69) is 4.98 Å². The molecule has 0 aliphatic rings. The molecule has 94 valence electrons. The molecule has 0 amide bonds. The number of hydrogen-bond donors (Lipinski definition) is 1. The summed E-state index contributed by atoms with van der Waals surface area (Å²) in [5, 5.41) is 1.00. The van der Waals surface area contributed by atoms with Crippen molar-refractivity contribution in [1.82, 2.24) is 4.98 Å². The molecule has 0 fully saturated rings. The van der Waals surface area contributed by atoms with Gasteiger partial charge < -0.3 is 4.98 Å². The Hall–Kier alpha value is -2.35. The van der Waals surface area contributed by atoms with Crippen molar-refractivity contribution in [1.29, 1.82) is 0 Å². The van der Waals surface area contributed by atoms with Gasteiger partial charge in [0.1, 0.15) is 0 Å². The summed E-state index contributed by atoms with van der Waals surface area (Å²) in [6.07, 6.45) is 2.26. The molecule has 0 saturated carbocycles. The molecule has 19 heavy (non-hydrogen) atoms. The number of benzene rings is 2. The van der Waals surface area contributed by atoms with Gasteiger partial charge in [-0.25, -0.2) is 0 Å². The lowest BCUT2D eigenvalue weighted by Gasteiger charge is -2.04. The molecule has 0 saturated heterocycles. The van der Waals surface area contributed by atoms with E-state index in [0.717, 1.165) is 27.6 Å². The summed E-state index contributed by atoms with van der Waals surface area (Å²) >= 11 is 0. The maximum atomic E-state index is 12.4. The van der Waals surface area contributed by atoms with Gasteiger partial charge in [-0.15, -0.1) is 0 Å². The van der Waals surface area contributed by atoms with Crippen molar-refractivity contribution in [2.75, 3.05) is 0 Å². The van der Waals surface area contributed by atoms with E-state index >= 15 is 0 Å². The normalized spacial score (nSPS) is 10.8. The highest BCUT2D eigenvalue weighted by atomic mass is 16.1. The SMILES string of the molecule is Cc1ccccc1CC(=O)c1c[nH]c2ccccc12. The Bertz CT molecular complexity index is 740. The number of para-hydroxylation sites is 1. The molecule has 0 radical (unpaired) electrons. The summed E-state index contributed by atoms with van der Waals surface area (Å²) in [6, 6.07) is 15.9. The third-order valence-corrected chi connectivity index (χ3v) is 3.50. The number of Topliss-reactive ketones (excluding diaryl/α,β-unsaturated/α-hetero) is 1. The van der Waals surface area contributed by atoms with Crippen LogP contribution in [0.4, 0.5) is 0 Å². The molecular formula is C17H15NO. The second-order valence-electron chi connectivity index (χ2n) is 4.77. The number of nitrogens with one attached hydrogen (secondary N) is 1. The number of carbonyl (C=O) groups excluding carboxylic acids is 1. The first kappa shape index (κ1) is 11.7. The number of fused-ring (bicyclic) bond motifs is 1. The number of carbonyl (C=O) groups is 1. The van der Waals surface area contributed by atoms with E-state index in [1.54, 1.807) is 0 Å². The number of aryl methyl sites for hydroxylation is 1. The fourth-order valence-corrected chi connectivity index (χ4v) is 2.38. The Balaban J connectivity index is 1.95. The summed E-state index contributed by atoms with van der Waals surface area (Å²) in [5.74, 6) is 0.159. The third kappa shape index (κ3) is 2.17. The fraction of sp³-hybridized carbons (Fsp3) is 0.118. The van der Waals surface area contributed by atoms with Gasteiger partial charge >= 0.3 is 0 Å². The zero-order valence-corrected chi connectivity index (χ0v) is 10.8. The summed E-state index contributed by atoms with van der Waals surface area (Å²) in [7, 11) is 0. The van der Waals surface area contributed by atoms with Crippen molar-refractivity contribution in [3.05, 3.63) is 71.4 Å². The molecule has 1 aromatic heterocycles. The van der Waals surface area contributed by atoms with Gasteiger partial charge in [0.2, 0.25) is 0 Å². The van der Waals surface area contributed by atoms with Crippen LogP contribution in [0, 0.1) is 6.92 Å². The van der Waals surface area contributed by atoms with Crippen molar-refractivity contribution in [2.24, 2.45) is 0 Å². The van der Waals surface area contributed by atoms with Crippen LogP contribution in [0.5, 0.6) is 0 Å². The lowest BCUT2D eigenvalue weighted by Crippen LogP contribution is -2.04. The van der Waals surface area contributed by atoms with Crippen LogP contribution in [0.2, 0.25) is 0 Å². The second kappa shape index (κ2) is 4.73. The van der Waals surface area contributed by atoms with Gasteiger partial charge in [0.05, 0.1) is 0 Å². The highest BCUT2D eigenvalue weighted by Crippen LogP contribution is 2.20. The van der Waals surface area contributed by atoms with Crippen molar-refractivity contribution in [3.8, 4) is 0 Å². The van der Waals surface area contributed by atoms with Crippen molar-refractivity contribution < 1.29 is 4.79 Å². The van der Waals surface area contributed by atoms with E-state index in [-0.39, 0.29) is 5.78 Å². The number of aromatic amines is 1. The summed E-state index contributed by atoms with van der Waals surface area (Å²) in [4.78, 5) is 15.6. The molecule has 1 N–H and O–H groups in total. The van der Waals surface area contributed by atoms with Crippen LogP contribution < -0.4 is 0 Å². The van der Waals surface area contributed by atoms with Gasteiger partial charge in [0.25, 0.3) is 0 Å². The zero-order valence-electron chi connectivity index (χ0n) is 10.8. The largest absolute Gasteiger partial charge is 0.360 e. The van der Waals surface area contributed by atoms with Gasteiger partial charge in [0.15, 0.2) is 5.78 Å². The topological polar surface area (TPSA) is 32.9 Å². The Morgan fingerprint density at radius 3 is 2.63 bits per heavy atom. The van der Waals surface area contributed by atoms with Crippen LogP contribution in [0.3, 0.4) is 0 Å². The standard InChI is InChI=1S/C17H15NO/c1-12-6-2-3-7-13(12)10-17(19)15-11-18-16-9-5-4-8-14(15)16/h2-9,11,18H,10H2,1H3. The molecular weight excluding hydrogens is 234 g/mol. The van der Waals surface area contributed by atoms with Crippen LogP contribution in [-0.4, -0.2) is 10.8 Å². The average molecular weight is 249 g/mol. The lowest BCUT2D eigenvalue weighted by molar-refractivity contribution is 0.0994. The molecule has 0 atom stereocenters. The quantitative estimate of drug-likeness (QED) is 0.701. The minimum Gasteiger partial charge on any atom is -0.360 e. The van der Waals surface area contributed by atoms with Gasteiger partial charge in [0, 0.05) is 29.1 Å². The number of rotatable bonds is 3. The fourth-order valence-electron chi connectivity index (χ4n) is 2.38. The number of H-pyrrole nitrogens is 1. The van der Waals surface area contributed by atoms with Gasteiger partial charge in [-0.3, -0.25) is 4.79 Å². The maximum absolute atomic E-state index is 12.4. The van der Waals surface area contributed by atoms with Crippen LogP contribution in [0.15, 0.2) is 54.7 Å². The average Bonchev–Trinajstić information content (AvgIpc) is 2.85. The minimum atomic E-state index is 0.159. The second-order valence-corrected chi connectivity index (χ2v) is 4.77. The molecule has 3 rings (SSSR count). The molecule has 1 heterocycles. The summed E-state index contributed by atoms with van der Waals surface area (Å²) in [5.41, 5.74) is 4.04. The van der Waals surface area contributed by atoms with E-state index < -0.39 is 0 Å². The molecule has 0 aliphatic heterocycles. The van der Waals surface area contributed by atoms with Gasteiger partial charge in [-0.1, -0.05) is 42.5 Å². The highest BCUT2D eigenvalue weighted by Gasteiger charge is 2.12. The highest BCUT2D eigenvalue weighted by molar-refractivity contribution is 6.08. The third-order valence-electron chi connectivity index (χ3n) is 3.50. The molecule has 3 aromatic rings. The van der Waals surface area contributed by atoms with Crippen LogP contribution in [0.25, 0.3) is 10.9 Å². The van der Waals surface area contributed by atoms with Crippen LogP contribution in [-0.2, 0) is 6.42 Å². The van der Waals surface area contributed by atoms with Gasteiger partial charge in [-0.05, 0) is 24.1 Å². The van der Waals surface area contributed by atoms with E-state index in [1.807, 2.05) is 61.7 Å². The Labute approximate surface area is 112 Å². The molecule has 2 aromatic carbocycles. The van der Waals surface area contributed by atoms with Gasteiger partial charge in [-0.2, -0.15) is 0 Å². The monoisotopic (exact) mass is 249 g/mol. The Morgan fingerprint density at radius 2 is 1.79 bits per heavy atom.